The van der Waals surface area contributed by atoms with Gasteiger partial charge < -0.3 is 20.0 Å². The Bertz CT molecular complexity index is 560. The van der Waals surface area contributed by atoms with E-state index in [9.17, 15) is 0 Å². The van der Waals surface area contributed by atoms with Gasteiger partial charge in [-0.05, 0) is 25.2 Å². The van der Waals surface area contributed by atoms with Crippen molar-refractivity contribution in [3.8, 4) is 11.5 Å². The van der Waals surface area contributed by atoms with Crippen LogP contribution in [0.4, 0.5) is 11.7 Å². The van der Waals surface area contributed by atoms with Gasteiger partial charge in [0.25, 0.3) is 0 Å². The van der Waals surface area contributed by atoms with E-state index < -0.39 is 0 Å². The summed E-state index contributed by atoms with van der Waals surface area (Å²) >= 11 is 0. The Kier molecular flexibility index (Phi) is 3.08. The third-order valence-corrected chi connectivity index (χ3v) is 3.32. The van der Waals surface area contributed by atoms with Crippen molar-refractivity contribution >= 4 is 11.7 Å². The van der Waals surface area contributed by atoms with Crippen molar-refractivity contribution in [3.63, 3.8) is 0 Å². The smallest absolute Gasteiger partial charge is 0.318 e. The molecule has 1 aromatic heterocycles. The summed E-state index contributed by atoms with van der Waals surface area (Å²) in [5.41, 5.74) is 7.30. The SMILES string of the molecule is CN1CCN(c2nnc(-c3cccc(N)c3)o2)CC1. The van der Waals surface area contributed by atoms with Crippen LogP contribution in [0.5, 0.6) is 0 Å². The number of benzene rings is 1. The summed E-state index contributed by atoms with van der Waals surface area (Å²) in [6.07, 6.45) is 0. The van der Waals surface area contributed by atoms with Crippen LogP contribution < -0.4 is 10.6 Å². The Morgan fingerprint density at radius 2 is 1.95 bits per heavy atom. The fourth-order valence-electron chi connectivity index (χ4n) is 2.13. The first-order chi connectivity index (χ1) is 9.22. The maximum Gasteiger partial charge on any atom is 0.318 e. The molecule has 1 aliphatic heterocycles. The van der Waals surface area contributed by atoms with Crippen molar-refractivity contribution in [2.75, 3.05) is 43.9 Å². The zero-order valence-corrected chi connectivity index (χ0v) is 10.9. The number of anilines is 2. The summed E-state index contributed by atoms with van der Waals surface area (Å²) in [6.45, 7) is 3.84. The molecule has 0 aliphatic carbocycles. The molecule has 1 fully saturated rings. The molecule has 0 radical (unpaired) electrons. The lowest BCUT2D eigenvalue weighted by atomic mass is 10.2. The van der Waals surface area contributed by atoms with E-state index in [-0.39, 0.29) is 0 Å². The standard InChI is InChI=1S/C13H17N5O/c1-17-5-7-18(8-6-17)13-16-15-12(19-13)10-3-2-4-11(14)9-10/h2-4,9H,5-8,14H2,1H3. The Morgan fingerprint density at radius 3 is 2.68 bits per heavy atom. The third-order valence-electron chi connectivity index (χ3n) is 3.32. The van der Waals surface area contributed by atoms with Crippen LogP contribution in [0.1, 0.15) is 0 Å². The van der Waals surface area contributed by atoms with Gasteiger partial charge in [-0.1, -0.05) is 11.2 Å². The van der Waals surface area contributed by atoms with Crippen molar-refractivity contribution in [1.82, 2.24) is 15.1 Å². The van der Waals surface area contributed by atoms with Gasteiger partial charge in [-0.2, -0.15) is 0 Å². The highest BCUT2D eigenvalue weighted by molar-refractivity contribution is 5.59. The van der Waals surface area contributed by atoms with Crippen molar-refractivity contribution < 1.29 is 4.42 Å². The van der Waals surface area contributed by atoms with Gasteiger partial charge in [0.15, 0.2) is 0 Å². The molecular formula is C13H17N5O. The second-order valence-corrected chi connectivity index (χ2v) is 4.81. The van der Waals surface area contributed by atoms with Gasteiger partial charge in [0.05, 0.1) is 0 Å². The van der Waals surface area contributed by atoms with E-state index in [1.54, 1.807) is 0 Å². The highest BCUT2D eigenvalue weighted by Crippen LogP contribution is 2.23. The van der Waals surface area contributed by atoms with Crippen LogP contribution in [-0.4, -0.2) is 48.3 Å². The first-order valence-corrected chi connectivity index (χ1v) is 6.35. The predicted molar refractivity (Wildman–Crippen MR) is 73.9 cm³/mol. The highest BCUT2D eigenvalue weighted by atomic mass is 16.4. The summed E-state index contributed by atoms with van der Waals surface area (Å²) < 4.78 is 5.73. The van der Waals surface area contributed by atoms with Gasteiger partial charge in [-0.3, -0.25) is 0 Å². The lowest BCUT2D eigenvalue weighted by Gasteiger charge is -2.30. The minimum atomic E-state index is 0.515. The summed E-state index contributed by atoms with van der Waals surface area (Å²) in [6, 6.07) is 8.05. The number of nitrogens with two attached hydrogens (primary N) is 1. The molecule has 0 saturated carbocycles. The van der Waals surface area contributed by atoms with Gasteiger partial charge in [0.2, 0.25) is 5.89 Å². The normalized spacial score (nSPS) is 16.8. The summed E-state index contributed by atoms with van der Waals surface area (Å²) in [4.78, 5) is 4.40. The average molecular weight is 259 g/mol. The molecule has 2 aromatic rings. The lowest BCUT2D eigenvalue weighted by Crippen LogP contribution is -2.44. The molecule has 6 heteroatoms. The molecular weight excluding hydrogens is 242 g/mol. The molecule has 0 bridgehead atoms. The summed E-state index contributed by atoms with van der Waals surface area (Å²) in [7, 11) is 2.11. The van der Waals surface area contributed by atoms with Gasteiger partial charge in [0, 0.05) is 37.4 Å². The molecule has 0 spiro atoms. The lowest BCUT2D eigenvalue weighted by molar-refractivity contribution is 0.305. The van der Waals surface area contributed by atoms with E-state index >= 15 is 0 Å². The number of piperazine rings is 1. The average Bonchev–Trinajstić information content (AvgIpc) is 2.89. The number of hydrogen-bond acceptors (Lipinski definition) is 6. The first kappa shape index (κ1) is 12.0. The molecule has 3 rings (SSSR count). The first-order valence-electron chi connectivity index (χ1n) is 6.35. The Labute approximate surface area is 111 Å². The Balaban J connectivity index is 1.80. The van der Waals surface area contributed by atoms with Crippen molar-refractivity contribution in [2.45, 2.75) is 0 Å². The fraction of sp³-hybridized carbons (Fsp3) is 0.385. The molecule has 1 saturated heterocycles. The molecule has 2 N–H and O–H groups in total. The minimum absolute atomic E-state index is 0.515. The molecule has 100 valence electrons. The number of rotatable bonds is 2. The molecule has 1 aliphatic rings. The van der Waals surface area contributed by atoms with Crippen LogP contribution in [0.2, 0.25) is 0 Å². The second kappa shape index (κ2) is 4.89. The fourth-order valence-corrected chi connectivity index (χ4v) is 2.13. The number of nitrogen functional groups attached to an aromatic ring is 1. The third kappa shape index (κ3) is 2.53. The summed E-state index contributed by atoms with van der Waals surface area (Å²) in [5, 5.41) is 8.22. The predicted octanol–water partition coefficient (Wildman–Crippen LogP) is 1.07. The zero-order valence-electron chi connectivity index (χ0n) is 10.9. The van der Waals surface area contributed by atoms with E-state index in [1.807, 2.05) is 24.3 Å². The number of likely N-dealkylation sites (N-methyl/N-ethyl adjacent to an activating group) is 1. The maximum absolute atomic E-state index is 5.76. The van der Waals surface area contributed by atoms with E-state index in [2.05, 4.69) is 27.0 Å². The minimum Gasteiger partial charge on any atom is -0.403 e. The molecule has 6 nitrogen and oxygen atoms in total. The van der Waals surface area contributed by atoms with Gasteiger partial charge in [-0.25, -0.2) is 0 Å². The van der Waals surface area contributed by atoms with Crippen LogP contribution >= 0.6 is 0 Å². The Hall–Kier alpha value is -2.08. The zero-order chi connectivity index (χ0) is 13.2. The van der Waals surface area contributed by atoms with Crippen LogP contribution in [0.3, 0.4) is 0 Å². The van der Waals surface area contributed by atoms with E-state index in [0.717, 1.165) is 31.7 Å². The quantitative estimate of drug-likeness (QED) is 0.813. The second-order valence-electron chi connectivity index (χ2n) is 4.81. The van der Waals surface area contributed by atoms with E-state index in [0.29, 0.717) is 17.6 Å². The summed E-state index contributed by atoms with van der Waals surface area (Å²) in [5.74, 6) is 0.515. The Morgan fingerprint density at radius 1 is 1.16 bits per heavy atom. The van der Waals surface area contributed by atoms with Crippen LogP contribution in [0, 0.1) is 0 Å². The molecule has 19 heavy (non-hydrogen) atoms. The van der Waals surface area contributed by atoms with Crippen molar-refractivity contribution in [2.24, 2.45) is 0 Å². The van der Waals surface area contributed by atoms with Gasteiger partial charge >= 0.3 is 6.01 Å². The van der Waals surface area contributed by atoms with Gasteiger partial charge in [0.1, 0.15) is 0 Å². The number of hydrogen-bond donors (Lipinski definition) is 1. The van der Waals surface area contributed by atoms with E-state index in [1.165, 1.54) is 0 Å². The molecule has 0 unspecified atom stereocenters. The molecule has 1 aromatic carbocycles. The number of aromatic nitrogens is 2. The van der Waals surface area contributed by atoms with Crippen molar-refractivity contribution in [1.29, 1.82) is 0 Å². The molecule has 0 amide bonds. The largest absolute Gasteiger partial charge is 0.403 e. The van der Waals surface area contributed by atoms with Crippen LogP contribution in [0.25, 0.3) is 11.5 Å². The van der Waals surface area contributed by atoms with Crippen molar-refractivity contribution in [3.05, 3.63) is 24.3 Å². The maximum atomic E-state index is 5.76. The van der Waals surface area contributed by atoms with Gasteiger partial charge in [-0.15, -0.1) is 5.10 Å². The van der Waals surface area contributed by atoms with Crippen LogP contribution in [0.15, 0.2) is 28.7 Å². The monoisotopic (exact) mass is 259 g/mol. The highest BCUT2D eigenvalue weighted by Gasteiger charge is 2.19. The topological polar surface area (TPSA) is 71.4 Å². The number of nitrogens with zero attached hydrogens (tertiary/aromatic N) is 4. The molecule has 2 heterocycles. The molecule has 0 atom stereocenters. The van der Waals surface area contributed by atoms with E-state index in [4.69, 9.17) is 10.2 Å². The van der Waals surface area contributed by atoms with Crippen LogP contribution in [-0.2, 0) is 0 Å².